The Morgan fingerprint density at radius 3 is 2.62 bits per heavy atom. The maximum atomic E-state index is 3.37. The molecule has 1 aliphatic rings. The molecule has 0 aliphatic carbocycles. The van der Waals surface area contributed by atoms with Crippen LogP contribution >= 0.6 is 11.8 Å². The SMILES string of the molecule is CNCC(Cc1ccccc1)CC1Cc2ccccc2S1. The highest BCUT2D eigenvalue weighted by molar-refractivity contribution is 8.00. The van der Waals surface area contributed by atoms with Gasteiger partial charge in [-0.2, -0.15) is 0 Å². The summed E-state index contributed by atoms with van der Waals surface area (Å²) in [5.74, 6) is 0.712. The molecule has 1 heterocycles. The molecule has 3 rings (SSSR count). The monoisotopic (exact) mass is 297 g/mol. The van der Waals surface area contributed by atoms with Gasteiger partial charge in [-0.3, -0.25) is 0 Å². The van der Waals surface area contributed by atoms with Gasteiger partial charge in [-0.05, 0) is 56.0 Å². The Hall–Kier alpha value is -1.25. The molecule has 0 bridgehead atoms. The standard InChI is InChI=1S/C19H23NS/c1-20-14-16(11-15-7-3-2-4-8-15)12-18-13-17-9-5-6-10-19(17)21-18/h2-10,16,18,20H,11-14H2,1H3. The first kappa shape index (κ1) is 14.7. The van der Waals surface area contributed by atoms with Crippen LogP contribution in [0.3, 0.4) is 0 Å². The number of hydrogen-bond donors (Lipinski definition) is 1. The highest BCUT2D eigenvalue weighted by atomic mass is 32.2. The van der Waals surface area contributed by atoms with E-state index < -0.39 is 0 Å². The summed E-state index contributed by atoms with van der Waals surface area (Å²) >= 11 is 2.07. The van der Waals surface area contributed by atoms with Crippen molar-refractivity contribution in [3.8, 4) is 0 Å². The zero-order valence-electron chi connectivity index (χ0n) is 12.6. The fourth-order valence-electron chi connectivity index (χ4n) is 3.23. The molecular weight excluding hydrogens is 274 g/mol. The number of hydrogen-bond acceptors (Lipinski definition) is 2. The van der Waals surface area contributed by atoms with Crippen LogP contribution in [0.5, 0.6) is 0 Å². The van der Waals surface area contributed by atoms with Crippen molar-refractivity contribution in [2.75, 3.05) is 13.6 Å². The molecule has 0 aromatic heterocycles. The Labute approximate surface area is 132 Å². The first-order valence-corrected chi connectivity index (χ1v) is 8.66. The van der Waals surface area contributed by atoms with Gasteiger partial charge in [0.15, 0.2) is 0 Å². The smallest absolute Gasteiger partial charge is 0.0138 e. The van der Waals surface area contributed by atoms with Gasteiger partial charge in [0.2, 0.25) is 0 Å². The Balaban J connectivity index is 1.61. The van der Waals surface area contributed by atoms with Crippen molar-refractivity contribution in [2.45, 2.75) is 29.4 Å². The predicted octanol–water partition coefficient (Wildman–Crippen LogP) is 4.17. The van der Waals surface area contributed by atoms with Gasteiger partial charge in [0, 0.05) is 10.1 Å². The molecule has 0 saturated carbocycles. The Bertz CT molecular complexity index is 542. The van der Waals surface area contributed by atoms with E-state index in [1.165, 1.54) is 35.3 Å². The zero-order valence-corrected chi connectivity index (χ0v) is 13.4. The van der Waals surface area contributed by atoms with Crippen molar-refractivity contribution >= 4 is 11.8 Å². The molecule has 110 valence electrons. The molecular formula is C19H23NS. The van der Waals surface area contributed by atoms with Gasteiger partial charge in [-0.1, -0.05) is 48.5 Å². The lowest BCUT2D eigenvalue weighted by Crippen LogP contribution is -2.24. The maximum absolute atomic E-state index is 3.37. The fraction of sp³-hybridized carbons (Fsp3) is 0.368. The van der Waals surface area contributed by atoms with Gasteiger partial charge in [0.1, 0.15) is 0 Å². The molecule has 1 nitrogen and oxygen atoms in total. The molecule has 2 heteroatoms. The Kier molecular flexibility index (Phi) is 5.00. The van der Waals surface area contributed by atoms with Crippen LogP contribution < -0.4 is 5.32 Å². The fourth-order valence-corrected chi connectivity index (χ4v) is 4.68. The number of rotatable bonds is 6. The third kappa shape index (κ3) is 3.90. The van der Waals surface area contributed by atoms with Gasteiger partial charge >= 0.3 is 0 Å². The van der Waals surface area contributed by atoms with E-state index in [-0.39, 0.29) is 0 Å². The minimum absolute atomic E-state index is 0.712. The van der Waals surface area contributed by atoms with Crippen molar-refractivity contribution in [1.29, 1.82) is 0 Å². The van der Waals surface area contributed by atoms with Crippen molar-refractivity contribution in [1.82, 2.24) is 5.32 Å². The van der Waals surface area contributed by atoms with E-state index in [4.69, 9.17) is 0 Å². The second kappa shape index (κ2) is 7.15. The first-order valence-electron chi connectivity index (χ1n) is 7.78. The highest BCUT2D eigenvalue weighted by Crippen LogP contribution is 2.39. The molecule has 1 aliphatic heterocycles. The predicted molar refractivity (Wildman–Crippen MR) is 92.0 cm³/mol. The average molecular weight is 297 g/mol. The Morgan fingerprint density at radius 2 is 1.86 bits per heavy atom. The summed E-state index contributed by atoms with van der Waals surface area (Å²) in [6.07, 6.45) is 3.69. The van der Waals surface area contributed by atoms with Crippen LogP contribution in [-0.4, -0.2) is 18.8 Å². The number of nitrogens with one attached hydrogen (secondary N) is 1. The summed E-state index contributed by atoms with van der Waals surface area (Å²) in [7, 11) is 2.06. The lowest BCUT2D eigenvalue weighted by Gasteiger charge is -2.20. The Morgan fingerprint density at radius 1 is 1.10 bits per heavy atom. The second-order valence-corrected chi connectivity index (χ2v) is 7.24. The van der Waals surface area contributed by atoms with Crippen molar-refractivity contribution in [3.05, 3.63) is 65.7 Å². The van der Waals surface area contributed by atoms with Gasteiger partial charge in [-0.15, -0.1) is 11.8 Å². The minimum Gasteiger partial charge on any atom is -0.319 e. The van der Waals surface area contributed by atoms with Crippen LogP contribution in [-0.2, 0) is 12.8 Å². The van der Waals surface area contributed by atoms with Crippen LogP contribution in [0, 0.1) is 5.92 Å². The molecule has 2 aromatic carbocycles. The average Bonchev–Trinajstić information content (AvgIpc) is 2.90. The lowest BCUT2D eigenvalue weighted by atomic mass is 9.93. The van der Waals surface area contributed by atoms with Crippen LogP contribution in [0.2, 0.25) is 0 Å². The van der Waals surface area contributed by atoms with Crippen molar-refractivity contribution in [3.63, 3.8) is 0 Å². The number of fused-ring (bicyclic) bond motifs is 1. The summed E-state index contributed by atoms with van der Waals surface area (Å²) in [5.41, 5.74) is 2.99. The lowest BCUT2D eigenvalue weighted by molar-refractivity contribution is 0.454. The zero-order chi connectivity index (χ0) is 14.5. The topological polar surface area (TPSA) is 12.0 Å². The quantitative estimate of drug-likeness (QED) is 0.859. The van der Waals surface area contributed by atoms with Crippen LogP contribution in [0.15, 0.2) is 59.5 Å². The first-order chi connectivity index (χ1) is 10.3. The molecule has 0 amide bonds. The minimum atomic E-state index is 0.712. The highest BCUT2D eigenvalue weighted by Gasteiger charge is 2.24. The normalized spacial score (nSPS) is 18.4. The largest absolute Gasteiger partial charge is 0.319 e. The maximum Gasteiger partial charge on any atom is 0.0138 e. The molecule has 21 heavy (non-hydrogen) atoms. The molecule has 0 radical (unpaired) electrons. The molecule has 0 fully saturated rings. The molecule has 2 unspecified atom stereocenters. The van der Waals surface area contributed by atoms with E-state index in [1.807, 2.05) is 0 Å². The van der Waals surface area contributed by atoms with Gasteiger partial charge in [0.05, 0.1) is 0 Å². The van der Waals surface area contributed by atoms with E-state index >= 15 is 0 Å². The van der Waals surface area contributed by atoms with Crippen LogP contribution in [0.1, 0.15) is 17.5 Å². The van der Waals surface area contributed by atoms with E-state index in [1.54, 1.807) is 0 Å². The van der Waals surface area contributed by atoms with E-state index in [0.29, 0.717) is 5.92 Å². The van der Waals surface area contributed by atoms with Crippen LogP contribution in [0.25, 0.3) is 0 Å². The third-order valence-electron chi connectivity index (χ3n) is 4.17. The molecule has 0 saturated heterocycles. The van der Waals surface area contributed by atoms with E-state index in [9.17, 15) is 0 Å². The second-order valence-electron chi connectivity index (χ2n) is 5.90. The summed E-state index contributed by atoms with van der Waals surface area (Å²) in [6, 6.07) is 19.8. The number of thioether (sulfide) groups is 1. The summed E-state index contributed by atoms with van der Waals surface area (Å²) in [4.78, 5) is 1.49. The summed E-state index contributed by atoms with van der Waals surface area (Å²) in [5, 5.41) is 4.11. The van der Waals surface area contributed by atoms with Gasteiger partial charge in [0.25, 0.3) is 0 Å². The van der Waals surface area contributed by atoms with Gasteiger partial charge in [-0.25, -0.2) is 0 Å². The molecule has 2 atom stereocenters. The molecule has 0 spiro atoms. The van der Waals surface area contributed by atoms with Gasteiger partial charge < -0.3 is 5.32 Å². The molecule has 2 aromatic rings. The summed E-state index contributed by atoms with van der Waals surface area (Å²) in [6.45, 7) is 1.10. The van der Waals surface area contributed by atoms with Crippen molar-refractivity contribution < 1.29 is 0 Å². The third-order valence-corrected chi connectivity index (χ3v) is 5.51. The molecule has 1 N–H and O–H groups in total. The van der Waals surface area contributed by atoms with E-state index in [2.05, 4.69) is 78.7 Å². The number of benzene rings is 2. The van der Waals surface area contributed by atoms with Crippen molar-refractivity contribution in [2.24, 2.45) is 5.92 Å². The summed E-state index contributed by atoms with van der Waals surface area (Å²) < 4.78 is 0. The van der Waals surface area contributed by atoms with Crippen LogP contribution in [0.4, 0.5) is 0 Å². The van der Waals surface area contributed by atoms with E-state index in [0.717, 1.165) is 11.8 Å².